The minimum atomic E-state index is -0.791. The van der Waals surface area contributed by atoms with E-state index in [1.165, 1.54) is 18.1 Å². The van der Waals surface area contributed by atoms with Crippen molar-refractivity contribution in [2.75, 3.05) is 0 Å². The summed E-state index contributed by atoms with van der Waals surface area (Å²) < 4.78 is 10.8. The number of fused-ring (bicyclic) bond motifs is 1. The highest BCUT2D eigenvalue weighted by molar-refractivity contribution is 5.91. The van der Waals surface area contributed by atoms with Crippen molar-refractivity contribution in [2.24, 2.45) is 17.8 Å². The summed E-state index contributed by atoms with van der Waals surface area (Å²) in [6.45, 7) is 9.97. The molecular weight excluding hydrogens is 328 g/mol. The molecule has 4 unspecified atom stereocenters. The number of hydrogen-bond donors (Lipinski definition) is 0. The molecule has 0 aromatic heterocycles. The second-order valence-corrected chi connectivity index (χ2v) is 7.89. The van der Waals surface area contributed by atoms with Crippen LogP contribution >= 0.6 is 0 Å². The SMILES string of the molecule is CC(=O)OC1OC(=O)C2=CCC=C(C)CCC(C(C)CCC=C(C)C)C21. The van der Waals surface area contributed by atoms with Gasteiger partial charge in [-0.3, -0.25) is 4.79 Å². The van der Waals surface area contributed by atoms with E-state index in [1.807, 2.05) is 6.08 Å². The first-order chi connectivity index (χ1) is 12.3. The lowest BCUT2D eigenvalue weighted by Crippen LogP contribution is -2.32. The molecule has 26 heavy (non-hydrogen) atoms. The first kappa shape index (κ1) is 20.5. The average Bonchev–Trinajstić information content (AvgIpc) is 2.86. The van der Waals surface area contributed by atoms with Crippen LogP contribution < -0.4 is 0 Å². The van der Waals surface area contributed by atoms with Gasteiger partial charge in [0.1, 0.15) is 0 Å². The minimum absolute atomic E-state index is 0.174. The van der Waals surface area contributed by atoms with Gasteiger partial charge in [-0.25, -0.2) is 4.79 Å². The van der Waals surface area contributed by atoms with Crippen molar-refractivity contribution in [2.45, 2.75) is 73.0 Å². The molecule has 1 aliphatic carbocycles. The summed E-state index contributed by atoms with van der Waals surface area (Å²) in [6.07, 6.45) is 10.3. The predicted octanol–water partition coefficient (Wildman–Crippen LogP) is 5.10. The van der Waals surface area contributed by atoms with Crippen molar-refractivity contribution in [3.05, 3.63) is 34.9 Å². The van der Waals surface area contributed by atoms with Gasteiger partial charge in [-0.05, 0) is 64.7 Å². The van der Waals surface area contributed by atoms with E-state index in [2.05, 4.69) is 39.8 Å². The Balaban J connectivity index is 2.30. The van der Waals surface area contributed by atoms with Gasteiger partial charge in [-0.15, -0.1) is 0 Å². The van der Waals surface area contributed by atoms with Gasteiger partial charge in [0.2, 0.25) is 0 Å². The topological polar surface area (TPSA) is 52.6 Å². The summed E-state index contributed by atoms with van der Waals surface area (Å²) in [7, 11) is 0. The molecular formula is C22H32O4. The highest BCUT2D eigenvalue weighted by atomic mass is 16.7. The molecule has 0 bridgehead atoms. The molecule has 1 fully saturated rings. The Bertz CT molecular complexity index is 622. The Labute approximate surface area is 157 Å². The van der Waals surface area contributed by atoms with E-state index in [4.69, 9.17) is 9.47 Å². The van der Waals surface area contributed by atoms with E-state index in [1.54, 1.807) is 0 Å². The van der Waals surface area contributed by atoms with Crippen LogP contribution in [0.3, 0.4) is 0 Å². The third kappa shape index (κ3) is 5.33. The van der Waals surface area contributed by atoms with Crippen molar-refractivity contribution in [3.63, 3.8) is 0 Å². The van der Waals surface area contributed by atoms with Gasteiger partial charge in [0, 0.05) is 12.5 Å². The van der Waals surface area contributed by atoms with Crippen LogP contribution in [0.2, 0.25) is 0 Å². The average molecular weight is 360 g/mol. The molecule has 0 N–H and O–H groups in total. The van der Waals surface area contributed by atoms with Crippen LogP contribution in [-0.2, 0) is 19.1 Å². The van der Waals surface area contributed by atoms with Gasteiger partial charge < -0.3 is 9.47 Å². The van der Waals surface area contributed by atoms with Crippen LogP contribution in [0.15, 0.2) is 34.9 Å². The van der Waals surface area contributed by atoms with E-state index < -0.39 is 12.3 Å². The zero-order chi connectivity index (χ0) is 19.3. The van der Waals surface area contributed by atoms with Crippen LogP contribution in [0.1, 0.15) is 66.7 Å². The van der Waals surface area contributed by atoms with Gasteiger partial charge >= 0.3 is 11.9 Å². The summed E-state index contributed by atoms with van der Waals surface area (Å²) in [5.41, 5.74) is 3.35. The highest BCUT2D eigenvalue weighted by Gasteiger charge is 2.47. The second-order valence-electron chi connectivity index (χ2n) is 7.89. The number of carbonyl (C=O) groups is 2. The zero-order valence-electron chi connectivity index (χ0n) is 16.7. The molecule has 4 atom stereocenters. The van der Waals surface area contributed by atoms with Crippen LogP contribution in [0.5, 0.6) is 0 Å². The van der Waals surface area contributed by atoms with Crippen molar-refractivity contribution in [3.8, 4) is 0 Å². The molecule has 0 saturated carbocycles. The number of rotatable bonds is 5. The molecule has 0 aromatic carbocycles. The number of esters is 2. The lowest BCUT2D eigenvalue weighted by atomic mass is 9.74. The fraction of sp³-hybridized carbons (Fsp3) is 0.636. The number of hydrogen-bond acceptors (Lipinski definition) is 4. The number of cyclic esters (lactones) is 1. The lowest BCUT2D eigenvalue weighted by Gasteiger charge is -2.31. The van der Waals surface area contributed by atoms with Crippen LogP contribution in [0.4, 0.5) is 0 Å². The number of allylic oxidation sites excluding steroid dienone is 5. The largest absolute Gasteiger partial charge is 0.425 e. The predicted molar refractivity (Wildman–Crippen MR) is 102 cm³/mol. The summed E-state index contributed by atoms with van der Waals surface area (Å²) in [6, 6.07) is 0. The molecule has 1 saturated heterocycles. The fourth-order valence-corrected chi connectivity index (χ4v) is 3.99. The molecule has 1 heterocycles. The Morgan fingerprint density at radius 2 is 2.08 bits per heavy atom. The second kappa shape index (κ2) is 9.20. The highest BCUT2D eigenvalue weighted by Crippen LogP contribution is 2.43. The van der Waals surface area contributed by atoms with E-state index in [0.29, 0.717) is 11.5 Å². The van der Waals surface area contributed by atoms with Crippen LogP contribution in [0.25, 0.3) is 0 Å². The van der Waals surface area contributed by atoms with Gasteiger partial charge in [-0.1, -0.05) is 36.3 Å². The number of carbonyl (C=O) groups excluding carboxylic acids is 2. The van der Waals surface area contributed by atoms with E-state index >= 15 is 0 Å². The van der Waals surface area contributed by atoms with Crippen molar-refractivity contribution in [1.29, 1.82) is 0 Å². The van der Waals surface area contributed by atoms with Crippen LogP contribution in [0, 0.1) is 17.8 Å². The maximum absolute atomic E-state index is 12.4. The van der Waals surface area contributed by atoms with Crippen molar-refractivity contribution >= 4 is 11.9 Å². The molecule has 144 valence electrons. The monoisotopic (exact) mass is 360 g/mol. The number of ether oxygens (including phenoxy) is 2. The minimum Gasteiger partial charge on any atom is -0.425 e. The first-order valence-electron chi connectivity index (χ1n) is 9.66. The quantitative estimate of drug-likeness (QED) is 0.505. The molecule has 0 amide bonds. The molecule has 0 radical (unpaired) electrons. The zero-order valence-corrected chi connectivity index (χ0v) is 16.7. The first-order valence-corrected chi connectivity index (χ1v) is 9.66. The molecule has 0 aromatic rings. The van der Waals surface area contributed by atoms with Gasteiger partial charge in [0.15, 0.2) is 0 Å². The van der Waals surface area contributed by atoms with Gasteiger partial charge in [0.05, 0.1) is 5.92 Å². The third-order valence-corrected chi connectivity index (χ3v) is 5.44. The third-order valence-electron chi connectivity index (χ3n) is 5.44. The summed E-state index contributed by atoms with van der Waals surface area (Å²) in [5, 5.41) is 0. The lowest BCUT2D eigenvalue weighted by molar-refractivity contribution is -0.182. The molecule has 4 nitrogen and oxygen atoms in total. The van der Waals surface area contributed by atoms with Gasteiger partial charge in [-0.2, -0.15) is 0 Å². The summed E-state index contributed by atoms with van der Waals surface area (Å²) in [4.78, 5) is 23.9. The van der Waals surface area contributed by atoms with E-state index in [0.717, 1.165) is 32.1 Å². The van der Waals surface area contributed by atoms with Crippen LogP contribution in [-0.4, -0.2) is 18.2 Å². The molecule has 4 heteroatoms. The van der Waals surface area contributed by atoms with Crippen molar-refractivity contribution in [1.82, 2.24) is 0 Å². The maximum atomic E-state index is 12.4. The Morgan fingerprint density at radius 1 is 1.35 bits per heavy atom. The standard InChI is InChI=1S/C22H32O4/c1-14(2)8-6-10-16(4)18-13-12-15(3)9-7-11-19-20(18)22(25-17(5)23)26-21(19)24/h8-9,11,16,18,20,22H,6-7,10,12-13H2,1-5H3. The van der Waals surface area contributed by atoms with E-state index in [9.17, 15) is 9.59 Å². The molecule has 2 rings (SSSR count). The van der Waals surface area contributed by atoms with Gasteiger partial charge in [0.25, 0.3) is 6.29 Å². The van der Waals surface area contributed by atoms with E-state index in [-0.39, 0.29) is 17.8 Å². The fourth-order valence-electron chi connectivity index (χ4n) is 3.99. The molecule has 1 aliphatic heterocycles. The normalized spacial score (nSPS) is 27.0. The Morgan fingerprint density at radius 3 is 2.73 bits per heavy atom. The summed E-state index contributed by atoms with van der Waals surface area (Å²) in [5.74, 6) is -0.279. The van der Waals surface area contributed by atoms with Crippen molar-refractivity contribution < 1.29 is 19.1 Å². The Kier molecular flexibility index (Phi) is 7.24. The molecule has 2 aliphatic rings. The smallest absolute Gasteiger partial charge is 0.337 e. The Hall–Kier alpha value is -1.84. The summed E-state index contributed by atoms with van der Waals surface area (Å²) >= 11 is 0. The maximum Gasteiger partial charge on any atom is 0.337 e. The molecule has 0 spiro atoms.